The molecule has 5 heteroatoms. The number of nitrogens with zero attached hydrogens (tertiary/aromatic N) is 4. The van der Waals surface area contributed by atoms with Crippen molar-refractivity contribution in [2.45, 2.75) is 38.6 Å². The van der Waals surface area contributed by atoms with Gasteiger partial charge in [-0.25, -0.2) is 0 Å². The van der Waals surface area contributed by atoms with Crippen molar-refractivity contribution < 1.29 is 4.79 Å². The van der Waals surface area contributed by atoms with Gasteiger partial charge in [-0.3, -0.25) is 9.48 Å². The number of hydrogen-bond acceptors (Lipinski definition) is 3. The molecular formula is C13H18N4O. The third-order valence-electron chi connectivity index (χ3n) is 3.49. The largest absolute Gasteiger partial charge is 0.321 e. The van der Waals surface area contributed by atoms with Crippen LogP contribution in [0.25, 0.3) is 0 Å². The Hall–Kier alpha value is -1.83. The van der Waals surface area contributed by atoms with Gasteiger partial charge in [0, 0.05) is 13.1 Å². The Bertz CT molecular complexity index is 480. The predicted octanol–water partition coefficient (Wildman–Crippen LogP) is 1.64. The summed E-state index contributed by atoms with van der Waals surface area (Å²) >= 11 is 0. The number of amides is 1. The summed E-state index contributed by atoms with van der Waals surface area (Å²) < 4.78 is 1.59. The van der Waals surface area contributed by atoms with Crippen LogP contribution in [0.5, 0.6) is 0 Å². The van der Waals surface area contributed by atoms with E-state index in [0.29, 0.717) is 5.69 Å². The Morgan fingerprint density at radius 3 is 2.78 bits per heavy atom. The SMILES string of the molecule is Cc1cc(C(=O)N(CC#N)C2CCCC2)n(C)n1. The molecular weight excluding hydrogens is 228 g/mol. The monoisotopic (exact) mass is 246 g/mol. The lowest BCUT2D eigenvalue weighted by Crippen LogP contribution is -2.40. The maximum atomic E-state index is 12.5. The third kappa shape index (κ3) is 2.37. The van der Waals surface area contributed by atoms with E-state index >= 15 is 0 Å². The van der Waals surface area contributed by atoms with Gasteiger partial charge in [0.05, 0.1) is 11.8 Å². The highest BCUT2D eigenvalue weighted by molar-refractivity contribution is 5.93. The summed E-state index contributed by atoms with van der Waals surface area (Å²) in [5, 5.41) is 13.1. The summed E-state index contributed by atoms with van der Waals surface area (Å²) in [7, 11) is 1.76. The molecule has 0 saturated heterocycles. The van der Waals surface area contributed by atoms with Crippen LogP contribution in [-0.2, 0) is 7.05 Å². The highest BCUT2D eigenvalue weighted by atomic mass is 16.2. The van der Waals surface area contributed by atoms with Gasteiger partial charge < -0.3 is 4.90 Å². The highest BCUT2D eigenvalue weighted by Crippen LogP contribution is 2.24. The predicted molar refractivity (Wildman–Crippen MR) is 66.9 cm³/mol. The molecule has 0 atom stereocenters. The number of nitriles is 1. The summed E-state index contributed by atoms with van der Waals surface area (Å²) in [6.07, 6.45) is 4.29. The lowest BCUT2D eigenvalue weighted by molar-refractivity contribution is 0.0698. The highest BCUT2D eigenvalue weighted by Gasteiger charge is 2.28. The van der Waals surface area contributed by atoms with Crippen LogP contribution in [0.1, 0.15) is 41.9 Å². The van der Waals surface area contributed by atoms with Gasteiger partial charge in [-0.1, -0.05) is 12.8 Å². The molecule has 1 fully saturated rings. The molecule has 5 nitrogen and oxygen atoms in total. The van der Waals surface area contributed by atoms with Gasteiger partial charge in [-0.2, -0.15) is 10.4 Å². The second-order valence-electron chi connectivity index (χ2n) is 4.82. The van der Waals surface area contributed by atoms with Crippen molar-refractivity contribution in [1.82, 2.24) is 14.7 Å². The van der Waals surface area contributed by atoms with Gasteiger partial charge >= 0.3 is 0 Å². The number of carbonyl (C=O) groups excluding carboxylic acids is 1. The van der Waals surface area contributed by atoms with Gasteiger partial charge in [0.2, 0.25) is 0 Å². The van der Waals surface area contributed by atoms with E-state index in [1.165, 1.54) is 0 Å². The number of aromatic nitrogens is 2. The van der Waals surface area contributed by atoms with Crippen molar-refractivity contribution in [3.05, 3.63) is 17.5 Å². The maximum absolute atomic E-state index is 12.5. The number of carbonyl (C=O) groups is 1. The van der Waals surface area contributed by atoms with Crippen molar-refractivity contribution >= 4 is 5.91 Å². The second-order valence-corrected chi connectivity index (χ2v) is 4.82. The quantitative estimate of drug-likeness (QED) is 0.762. The van der Waals surface area contributed by atoms with Crippen LogP contribution >= 0.6 is 0 Å². The summed E-state index contributed by atoms with van der Waals surface area (Å²) in [6, 6.07) is 4.09. The Morgan fingerprint density at radius 2 is 2.28 bits per heavy atom. The van der Waals surface area contributed by atoms with E-state index in [0.717, 1.165) is 31.4 Å². The zero-order chi connectivity index (χ0) is 13.1. The van der Waals surface area contributed by atoms with Gasteiger partial charge in [-0.05, 0) is 25.8 Å². The lowest BCUT2D eigenvalue weighted by atomic mass is 10.2. The molecule has 1 amide bonds. The molecule has 1 heterocycles. The first-order valence-corrected chi connectivity index (χ1v) is 6.32. The molecule has 0 aromatic carbocycles. The molecule has 2 rings (SSSR count). The molecule has 0 aliphatic heterocycles. The number of hydrogen-bond donors (Lipinski definition) is 0. The van der Waals surface area contributed by atoms with Crippen molar-refractivity contribution in [2.75, 3.05) is 6.54 Å². The maximum Gasteiger partial charge on any atom is 0.273 e. The van der Waals surface area contributed by atoms with Crippen molar-refractivity contribution in [3.8, 4) is 6.07 Å². The summed E-state index contributed by atoms with van der Waals surface area (Å²) in [5.41, 5.74) is 1.39. The van der Waals surface area contributed by atoms with E-state index in [4.69, 9.17) is 5.26 Å². The molecule has 1 aromatic heterocycles. The van der Waals surface area contributed by atoms with Crippen molar-refractivity contribution in [2.24, 2.45) is 7.05 Å². The molecule has 0 unspecified atom stereocenters. The first kappa shape index (κ1) is 12.6. The molecule has 1 aliphatic rings. The molecule has 0 N–H and O–H groups in total. The average Bonchev–Trinajstić information content (AvgIpc) is 2.95. The average molecular weight is 246 g/mol. The Kier molecular flexibility index (Phi) is 3.66. The minimum absolute atomic E-state index is 0.0773. The fraction of sp³-hybridized carbons (Fsp3) is 0.615. The fourth-order valence-electron chi connectivity index (χ4n) is 2.62. The molecule has 0 bridgehead atoms. The van der Waals surface area contributed by atoms with Gasteiger partial charge in [0.15, 0.2) is 0 Å². The van der Waals surface area contributed by atoms with Crippen molar-refractivity contribution in [1.29, 1.82) is 5.26 Å². The van der Waals surface area contributed by atoms with Crippen LogP contribution in [0, 0.1) is 18.3 Å². The topological polar surface area (TPSA) is 61.9 Å². The zero-order valence-electron chi connectivity index (χ0n) is 10.9. The normalized spacial score (nSPS) is 15.6. The number of aryl methyl sites for hydroxylation is 2. The summed E-state index contributed by atoms with van der Waals surface area (Å²) in [4.78, 5) is 14.2. The Labute approximate surface area is 107 Å². The molecule has 18 heavy (non-hydrogen) atoms. The van der Waals surface area contributed by atoms with E-state index in [1.54, 1.807) is 22.7 Å². The summed E-state index contributed by atoms with van der Waals surface area (Å²) in [5.74, 6) is -0.0773. The molecule has 1 aromatic rings. The minimum atomic E-state index is -0.0773. The van der Waals surface area contributed by atoms with E-state index < -0.39 is 0 Å². The van der Waals surface area contributed by atoms with Crippen LogP contribution in [0.3, 0.4) is 0 Å². The number of rotatable bonds is 3. The van der Waals surface area contributed by atoms with Gasteiger partial charge in [-0.15, -0.1) is 0 Å². The van der Waals surface area contributed by atoms with Crippen molar-refractivity contribution in [3.63, 3.8) is 0 Å². The van der Waals surface area contributed by atoms with Crippen LogP contribution in [-0.4, -0.2) is 33.2 Å². The van der Waals surface area contributed by atoms with Gasteiger partial charge in [0.25, 0.3) is 5.91 Å². The van der Waals surface area contributed by atoms with Crippen LogP contribution in [0.2, 0.25) is 0 Å². The smallest absolute Gasteiger partial charge is 0.273 e. The fourth-order valence-corrected chi connectivity index (χ4v) is 2.62. The zero-order valence-corrected chi connectivity index (χ0v) is 10.9. The summed E-state index contributed by atoms with van der Waals surface area (Å²) in [6.45, 7) is 2.02. The van der Waals surface area contributed by atoms with E-state index in [1.807, 2.05) is 6.92 Å². The molecule has 0 radical (unpaired) electrons. The first-order chi connectivity index (χ1) is 8.63. The molecule has 0 spiro atoms. The minimum Gasteiger partial charge on any atom is -0.321 e. The molecule has 96 valence electrons. The van der Waals surface area contributed by atoms with Gasteiger partial charge in [0.1, 0.15) is 12.2 Å². The first-order valence-electron chi connectivity index (χ1n) is 6.32. The van der Waals surface area contributed by atoms with Crippen LogP contribution < -0.4 is 0 Å². The van der Waals surface area contributed by atoms with E-state index in [-0.39, 0.29) is 18.5 Å². The van der Waals surface area contributed by atoms with Crippen LogP contribution in [0.15, 0.2) is 6.07 Å². The standard InChI is InChI=1S/C13H18N4O/c1-10-9-12(16(2)15-10)13(18)17(8-7-14)11-5-3-4-6-11/h9,11H,3-6,8H2,1-2H3. The third-order valence-corrected chi connectivity index (χ3v) is 3.49. The van der Waals surface area contributed by atoms with E-state index in [9.17, 15) is 4.79 Å². The Balaban J connectivity index is 2.22. The Morgan fingerprint density at radius 1 is 1.61 bits per heavy atom. The molecule has 1 saturated carbocycles. The lowest BCUT2D eigenvalue weighted by Gasteiger charge is -2.26. The van der Waals surface area contributed by atoms with E-state index in [2.05, 4.69) is 11.2 Å². The second kappa shape index (κ2) is 5.21. The van der Waals surface area contributed by atoms with Crippen LogP contribution in [0.4, 0.5) is 0 Å². The molecule has 1 aliphatic carbocycles.